The second kappa shape index (κ2) is 117. The van der Waals surface area contributed by atoms with E-state index >= 15 is 0 Å². The van der Waals surface area contributed by atoms with E-state index in [9.17, 15) is 0 Å². The van der Waals surface area contributed by atoms with Crippen molar-refractivity contribution in [3.05, 3.63) is 198 Å². The van der Waals surface area contributed by atoms with Crippen LogP contribution in [-0.2, 0) is 74.8 Å². The summed E-state index contributed by atoms with van der Waals surface area (Å²) in [6.07, 6.45) is 2.39. The Hall–Kier alpha value is 1.02. The maximum absolute atomic E-state index is 9.15. The molecule has 148 heavy (non-hydrogen) atoms. The zero-order chi connectivity index (χ0) is 108. The predicted octanol–water partition coefficient (Wildman–Crippen LogP) is 5.79. The van der Waals surface area contributed by atoms with Gasteiger partial charge in [0.15, 0.2) is 12.6 Å². The number of nitrogen functional groups attached to an aromatic ring is 1. The number of thiol groups is 2. The molecule has 814 valence electrons. The summed E-state index contributed by atoms with van der Waals surface area (Å²) in [6, 6.07) is 34.6. The smallest absolute Gasteiger partial charge is 1.00 e. The Kier molecular flexibility index (Phi) is 144. The third-order valence-corrected chi connectivity index (χ3v) is 23.3. The third-order valence-electron chi connectivity index (χ3n) is 17.7. The summed E-state index contributed by atoms with van der Waals surface area (Å²) in [5, 5.41) is 55.5. The van der Waals surface area contributed by atoms with Gasteiger partial charge in [-0.3, -0.25) is 4.79 Å². The second-order valence-electron chi connectivity index (χ2n) is 28.9. The van der Waals surface area contributed by atoms with E-state index in [0.29, 0.717) is 54.5 Å². The molecule has 7 aromatic carbocycles. The van der Waals surface area contributed by atoms with E-state index < -0.39 is 22.7 Å². The van der Waals surface area contributed by atoms with Crippen LogP contribution in [0.25, 0.3) is 20.2 Å². The van der Waals surface area contributed by atoms with Gasteiger partial charge in [-0.05, 0) is 328 Å². The molecule has 9 aromatic rings. The molecule has 0 aliphatic carbocycles. The number of aliphatic hydroxyl groups excluding tert-OH is 1. The minimum absolute atomic E-state index is 0. The van der Waals surface area contributed by atoms with Crippen LogP contribution < -0.4 is 281 Å². The molecule has 0 saturated heterocycles. The molecule has 0 fully saturated rings. The summed E-state index contributed by atoms with van der Waals surface area (Å²) in [6.45, 7) is 61.6. The Balaban J connectivity index is -0.0000000859. The molecular formula is C99H160B2BrClK3LiN2Na2O28PS8-. The molecule has 30 nitrogen and oxygen atoms in total. The van der Waals surface area contributed by atoms with Crippen LogP contribution >= 0.6 is 120 Å². The van der Waals surface area contributed by atoms with Crippen LogP contribution in [0.15, 0.2) is 129 Å². The summed E-state index contributed by atoms with van der Waals surface area (Å²) in [5.74, 6) is 6.14. The number of alkyl halides is 1. The third kappa shape index (κ3) is 85.9. The quantitative estimate of drug-likeness (QED) is 0.00230. The van der Waals surface area contributed by atoms with Crippen LogP contribution in [0, 0.1) is 107 Å². The first-order valence-corrected chi connectivity index (χ1v) is 51.3. The van der Waals surface area contributed by atoms with E-state index in [1.807, 2.05) is 179 Å². The van der Waals surface area contributed by atoms with Gasteiger partial charge >= 0.3 is 255 Å². The molecule has 0 spiro atoms. The summed E-state index contributed by atoms with van der Waals surface area (Å²) < 4.78 is 94.3. The molecule has 0 radical (unpaired) electrons. The number of ether oxygens (including phenoxy) is 12. The van der Waals surface area contributed by atoms with Gasteiger partial charge in [-0.1, -0.05) is 102 Å². The number of fused-ring (bicyclic) bond motifs is 2. The van der Waals surface area contributed by atoms with Crippen molar-refractivity contribution in [1.29, 1.82) is 0 Å². The number of benzene rings is 7. The largest absolute Gasteiger partial charge is 1.00 e. The van der Waals surface area contributed by atoms with Crippen LogP contribution in [0.5, 0.6) is 34.5 Å². The maximum atomic E-state index is 9.15. The Labute approximate surface area is 1130 Å². The number of thiophene rings is 2. The van der Waals surface area contributed by atoms with Crippen molar-refractivity contribution < 1.29 is 361 Å². The number of thiocarbonyl (C=S) groups is 2. The normalized spacial score (nSPS) is 9.30. The van der Waals surface area contributed by atoms with Crippen LogP contribution in [-0.4, -0.2) is 188 Å². The number of aryl methyl sites for hydroxylation is 7. The van der Waals surface area contributed by atoms with Crippen LogP contribution in [0.4, 0.5) is 5.69 Å². The number of halogens is 2. The molecule has 0 amide bonds. The number of anilines is 1. The van der Waals surface area contributed by atoms with Crippen molar-refractivity contribution in [2.24, 2.45) is 5.34 Å². The van der Waals surface area contributed by atoms with Gasteiger partial charge in [0.25, 0.3) is 6.47 Å². The number of carbonyl (C=O) groups is 1. The summed E-state index contributed by atoms with van der Waals surface area (Å²) >= 11 is 23.0. The predicted molar refractivity (Wildman–Crippen MR) is 607 cm³/mol. The number of hydrogen-bond donors (Lipinski definition) is 6. The minimum Gasteiger partial charge on any atom is -1.00 e. The average Bonchev–Trinajstić information content (AvgIpc) is 1.63. The first-order chi connectivity index (χ1) is 65.8. The number of rotatable bonds is 32. The van der Waals surface area contributed by atoms with E-state index in [1.54, 1.807) is 78.7 Å². The van der Waals surface area contributed by atoms with Crippen LogP contribution in [0.1, 0.15) is 185 Å². The number of methoxy groups -OCH3 is 6. The first kappa shape index (κ1) is 182. The molecule has 0 aliphatic rings. The fraction of sp³-hybridized carbons (Fsp3) is 0.495. The molecule has 1 atom stereocenters. The van der Waals surface area contributed by atoms with Gasteiger partial charge in [0, 0.05) is 84.4 Å². The van der Waals surface area contributed by atoms with E-state index in [2.05, 4.69) is 171 Å². The first-order valence-electron chi connectivity index (χ1n) is 44.3. The van der Waals surface area contributed by atoms with Gasteiger partial charge in [-0.25, -0.2) is 10.8 Å². The summed E-state index contributed by atoms with van der Waals surface area (Å²) in [7, 11) is 5.07. The number of unbranched alkanes of at least 4 members (excludes halogenated alkanes) is 1. The van der Waals surface area contributed by atoms with E-state index in [0.717, 1.165) is 104 Å². The molecule has 0 aliphatic heterocycles. The van der Waals surface area contributed by atoms with Gasteiger partial charge in [0.1, 0.15) is 34.5 Å². The molecule has 9 rings (SSSR count). The molecule has 7 N–H and O–H groups in total. The molecular weight excluding hydrogens is 2260 g/mol. The van der Waals surface area contributed by atoms with Crippen LogP contribution in [0.3, 0.4) is 0 Å². The van der Waals surface area contributed by atoms with Gasteiger partial charge < -0.3 is 156 Å². The van der Waals surface area contributed by atoms with E-state index in [4.69, 9.17) is 134 Å². The number of aliphatic hydroxyl groups is 1. The molecule has 1 unspecified atom stereocenters. The standard InChI is InChI=1S/C15H24O3S.C12H16O2S2.C11H13BO3S.C11H12OS.C9H21BO3.C9H13NO.C9H12OS.C7H8.C6H13BrO2.C4H9.C3H5OS.C2H6O.CH2O3.ClH.3K.Li.HNO2.2Na.HO4P.H2O.H2S.H2.H/c1-6-17-14(18-7-2)10-19-13-9-8-11(3)12(4)15(13)16-5;1-5-14-12(15)16-10-7-6-8(2)9(3)11(10)13-4;1-6-4-8-5-9(12(13)14)16-11(8)10(15-3)7(6)2;1-7-6-9-4-5-13-11(9)10(12-3)8(7)2;1-7(2)11-10(12-8(3)4)13-9(5)6;1-6-4-5-8(10)9(11-3)7(6)2;1-6-4-5-8(11)9(10-3)7(6)2;1-7-5-3-2-4-6-7;1-3-8-6(5-7)9-4-2;1-3-4-2;1-2-4-3-5;1-2-3;2-1-4-3;;;;;;2-1-3;;;1-4-5(2)3;;;;/h8-9,14H,6-7,10H2,1-5H3;6-7H,5H2,1-4H3;4-5,13-14H,1-3H3;4-6H,1-3H3;7-9H,1-6H3;4-5H,10H2,1-3H3;4-5,11H,1-3H3;2-6H,1H3;6H,3-5H2,1-2H3;1,3-4H2,2H3;2H2,1H3;3H,2H2,1H3;1,3H;1H;;;;;(H,2,3);;;1H;2*1H2;1H;/q;;;;;;;;;2*-1;;;;4*+1;;2*+1;;;;;-1/p-4. The van der Waals surface area contributed by atoms with Crippen LogP contribution in [0.2, 0.25) is 0 Å². The Morgan fingerprint density at radius 1 is 0.601 bits per heavy atom. The van der Waals surface area contributed by atoms with Crippen molar-refractivity contribution in [3.8, 4) is 34.5 Å². The van der Waals surface area contributed by atoms with Gasteiger partial charge in [0.2, 0.25) is 4.38 Å². The molecule has 0 saturated carbocycles. The zero-order valence-corrected chi connectivity index (χ0v) is 118. The minimum atomic E-state index is -3.04. The number of nitrogens with two attached hydrogens (primary N) is 1. The Morgan fingerprint density at radius 3 is 1.26 bits per heavy atom. The SMILES string of the molecule is CC(C)OB(OC(C)C)OC(C)C.CCO.CCOC(=S)Sc1ccc(C)c(C)c1OC.CCOC(CBr)OCC.CCOC(CSc1ccc(C)c(C)c1OC)OCC.CCO[C-]=S.COc1c(C)c(C)cc2cc(B(O)O)sc12.COc1c(C)c(C)cc2ccsc12.COc1c(N)ccc(C)c1C.COc1c(S)ccc(C)c1C.Cc1ccccc1.Cl.O=CO[O-].O=N[O-].O=[P+]([O-])OO.[CH2-]CCC.[H-].[HH].[K+].[K+].[K+].[Li+].[Na+].[Na+].[OH-].[SH-]. The zero-order valence-electron chi connectivity index (χ0n) is 95.7. The second-order valence-corrected chi connectivity index (χ2v) is 35.5. The Bertz CT molecular complexity index is 4680. The van der Waals surface area contributed by atoms with Gasteiger partial charge in [0.05, 0.1) is 74.6 Å². The monoisotopic (exact) mass is 2420 g/mol. The molecule has 49 heteroatoms. The number of nitrogens with zero attached hydrogens (tertiary/aromatic N) is 1. The van der Waals surface area contributed by atoms with Crippen molar-refractivity contribution in [1.82, 2.24) is 0 Å². The van der Waals surface area contributed by atoms with Crippen molar-refractivity contribution in [2.75, 3.05) is 106 Å². The number of hydrogen-bond acceptors (Lipinski definition) is 38. The molecule has 2 aromatic heterocycles. The number of thioether (sulfide) groups is 2. The topological polar surface area (TPSA) is 427 Å². The fourth-order valence-corrected chi connectivity index (χ4v) is 15.6. The van der Waals surface area contributed by atoms with Crippen molar-refractivity contribution in [2.45, 2.75) is 245 Å². The molecule has 0 bridgehead atoms. The fourth-order valence-electron chi connectivity index (χ4n) is 10.5. The van der Waals surface area contributed by atoms with E-state index in [-0.39, 0.29) is 310 Å². The average molecular weight is 2420 g/mol. The maximum Gasteiger partial charge on any atom is 1.00 e. The number of carbonyl (C=O) groups excluding carboxylic acids is 1. The van der Waals surface area contributed by atoms with Gasteiger partial charge in [-0.15, -0.1) is 64.8 Å². The van der Waals surface area contributed by atoms with Gasteiger partial charge in [-0.2, -0.15) is 6.42 Å². The van der Waals surface area contributed by atoms with E-state index in [1.165, 1.54) is 89.7 Å². The summed E-state index contributed by atoms with van der Waals surface area (Å²) in [4.78, 5) is 31.2. The van der Waals surface area contributed by atoms with Crippen molar-refractivity contribution in [3.63, 3.8) is 0 Å². The molecule has 2 heterocycles. The Morgan fingerprint density at radius 2 is 0.953 bits per heavy atom. The van der Waals surface area contributed by atoms with Crippen molar-refractivity contribution >= 4 is 195 Å². The summed E-state index contributed by atoms with van der Waals surface area (Å²) in [5.41, 5.74) is 24.1.